The number of carboxylic acid groups (broad SMARTS) is 1. The molecule has 5 nitrogen and oxygen atoms in total. The minimum absolute atomic E-state index is 0.0334. The van der Waals surface area contributed by atoms with E-state index in [0.29, 0.717) is 24.5 Å². The van der Waals surface area contributed by atoms with E-state index < -0.39 is 5.97 Å². The normalized spacial score (nSPS) is 18.7. The van der Waals surface area contributed by atoms with Gasteiger partial charge >= 0.3 is 5.97 Å². The summed E-state index contributed by atoms with van der Waals surface area (Å²) in [5, 5.41) is 14.0. The molecule has 2 aromatic rings. The Labute approximate surface area is 138 Å². The van der Waals surface area contributed by atoms with Crippen LogP contribution in [-0.2, 0) is 11.3 Å². The van der Waals surface area contributed by atoms with Crippen molar-refractivity contribution in [1.82, 2.24) is 10.2 Å². The lowest BCUT2D eigenvalue weighted by Gasteiger charge is -2.35. The molecule has 1 aliphatic heterocycles. The van der Waals surface area contributed by atoms with Crippen molar-refractivity contribution in [1.29, 1.82) is 0 Å². The molecule has 0 aliphatic carbocycles. The quantitative estimate of drug-likeness (QED) is 0.903. The molecule has 0 saturated carbocycles. The summed E-state index contributed by atoms with van der Waals surface area (Å²) >= 11 is 1.22. The molecule has 1 saturated heterocycles. The fourth-order valence-electron chi connectivity index (χ4n) is 2.95. The van der Waals surface area contributed by atoms with Gasteiger partial charge < -0.3 is 10.4 Å². The van der Waals surface area contributed by atoms with Crippen LogP contribution in [0.15, 0.2) is 35.7 Å². The first-order valence-electron chi connectivity index (χ1n) is 7.44. The lowest BCUT2D eigenvalue weighted by Crippen LogP contribution is -2.49. The summed E-state index contributed by atoms with van der Waals surface area (Å²) in [6, 6.07) is 9.34. The maximum atomic E-state index is 12.4. The van der Waals surface area contributed by atoms with Crippen LogP contribution < -0.4 is 5.32 Å². The van der Waals surface area contributed by atoms with Gasteiger partial charge in [-0.2, -0.15) is 0 Å². The van der Waals surface area contributed by atoms with Crippen LogP contribution in [0.25, 0.3) is 0 Å². The Bertz CT molecular complexity index is 741. The van der Waals surface area contributed by atoms with Crippen LogP contribution in [0.1, 0.15) is 32.4 Å². The number of carbonyl (C=O) groups is 2. The summed E-state index contributed by atoms with van der Waals surface area (Å²) in [5.41, 5.74) is 2.80. The van der Waals surface area contributed by atoms with Crippen molar-refractivity contribution in [2.45, 2.75) is 19.5 Å². The van der Waals surface area contributed by atoms with Crippen molar-refractivity contribution in [3.8, 4) is 0 Å². The average Bonchev–Trinajstić information content (AvgIpc) is 2.96. The monoisotopic (exact) mass is 330 g/mol. The first-order valence-corrected chi connectivity index (χ1v) is 8.32. The van der Waals surface area contributed by atoms with Crippen LogP contribution in [0.3, 0.4) is 0 Å². The second kappa shape index (κ2) is 6.52. The molecule has 1 amide bonds. The third-order valence-corrected chi connectivity index (χ3v) is 4.93. The largest absolute Gasteiger partial charge is 0.477 e. The number of aromatic carboxylic acids is 1. The van der Waals surface area contributed by atoms with Gasteiger partial charge in [0.15, 0.2) is 0 Å². The number of piperazine rings is 1. The Hall–Kier alpha value is -2.18. The highest BCUT2D eigenvalue weighted by molar-refractivity contribution is 7.12. The van der Waals surface area contributed by atoms with Crippen LogP contribution in [0.5, 0.6) is 0 Å². The van der Waals surface area contributed by atoms with Crippen LogP contribution in [0, 0.1) is 6.92 Å². The van der Waals surface area contributed by atoms with Crippen molar-refractivity contribution in [3.63, 3.8) is 0 Å². The Balaban J connectivity index is 1.90. The molecule has 1 unspecified atom stereocenters. The predicted octanol–water partition coefficient (Wildman–Crippen LogP) is 2.43. The van der Waals surface area contributed by atoms with E-state index in [1.54, 1.807) is 5.38 Å². The standard InChI is InChI=1S/C17H18N2O3S/c1-11-3-2-4-12(9-11)14-16(20)18-6-7-19(14)10-13-5-8-23-15(13)17(21)22/h2-5,8-9,14H,6-7,10H2,1H3,(H,18,20)(H,21,22). The Morgan fingerprint density at radius 3 is 3.00 bits per heavy atom. The molecule has 2 N–H and O–H groups in total. The first kappa shape index (κ1) is 15.7. The summed E-state index contributed by atoms with van der Waals surface area (Å²) < 4.78 is 0. The maximum Gasteiger partial charge on any atom is 0.346 e. The van der Waals surface area contributed by atoms with Crippen molar-refractivity contribution in [3.05, 3.63) is 57.3 Å². The number of thiophene rings is 1. The van der Waals surface area contributed by atoms with E-state index >= 15 is 0 Å². The summed E-state index contributed by atoms with van der Waals surface area (Å²) in [6.45, 7) is 3.72. The number of carboxylic acids is 1. The second-order valence-corrected chi connectivity index (χ2v) is 6.57. The average molecular weight is 330 g/mol. The smallest absolute Gasteiger partial charge is 0.346 e. The summed E-state index contributed by atoms with van der Waals surface area (Å²) in [7, 11) is 0. The van der Waals surface area contributed by atoms with Gasteiger partial charge in [-0.1, -0.05) is 29.8 Å². The number of nitrogens with zero attached hydrogens (tertiary/aromatic N) is 1. The zero-order valence-electron chi connectivity index (χ0n) is 12.8. The van der Waals surface area contributed by atoms with Crippen molar-refractivity contribution < 1.29 is 14.7 Å². The van der Waals surface area contributed by atoms with Gasteiger partial charge in [0.1, 0.15) is 10.9 Å². The van der Waals surface area contributed by atoms with Crippen LogP contribution in [0.2, 0.25) is 0 Å². The number of hydrogen-bond donors (Lipinski definition) is 2. The lowest BCUT2D eigenvalue weighted by molar-refractivity contribution is -0.129. The molecule has 2 heterocycles. The van der Waals surface area contributed by atoms with Crippen molar-refractivity contribution >= 4 is 23.2 Å². The molecule has 0 spiro atoms. The van der Waals surface area contributed by atoms with E-state index in [9.17, 15) is 14.7 Å². The number of nitrogens with one attached hydrogen (secondary N) is 1. The molecule has 1 aromatic heterocycles. The van der Waals surface area contributed by atoms with Gasteiger partial charge in [-0.15, -0.1) is 11.3 Å². The van der Waals surface area contributed by atoms with Crippen LogP contribution in [0.4, 0.5) is 0 Å². The maximum absolute atomic E-state index is 12.4. The Morgan fingerprint density at radius 2 is 2.26 bits per heavy atom. The number of rotatable bonds is 4. The van der Waals surface area contributed by atoms with E-state index in [4.69, 9.17) is 0 Å². The molecule has 120 valence electrons. The molecule has 1 aromatic carbocycles. The molecule has 1 atom stereocenters. The number of aryl methyl sites for hydroxylation is 1. The third kappa shape index (κ3) is 3.28. The minimum Gasteiger partial charge on any atom is -0.477 e. The van der Waals surface area contributed by atoms with Gasteiger partial charge in [-0.05, 0) is 29.5 Å². The minimum atomic E-state index is -0.913. The fourth-order valence-corrected chi connectivity index (χ4v) is 3.71. The van der Waals surface area contributed by atoms with Gasteiger partial charge in [-0.25, -0.2) is 4.79 Å². The summed E-state index contributed by atoms with van der Waals surface area (Å²) in [6.07, 6.45) is 0. The molecule has 23 heavy (non-hydrogen) atoms. The molecule has 0 radical (unpaired) electrons. The molecule has 1 fully saturated rings. The van der Waals surface area contributed by atoms with Crippen LogP contribution in [-0.4, -0.2) is 35.0 Å². The molecule has 1 aliphatic rings. The molecular formula is C17H18N2O3S. The fraction of sp³-hybridized carbons (Fsp3) is 0.294. The van der Waals surface area contributed by atoms with Gasteiger partial charge in [0.05, 0.1) is 0 Å². The van der Waals surface area contributed by atoms with E-state index in [1.165, 1.54) is 11.3 Å². The van der Waals surface area contributed by atoms with E-state index in [2.05, 4.69) is 5.32 Å². The molecule has 3 rings (SSSR count). The number of benzene rings is 1. The topological polar surface area (TPSA) is 69.6 Å². The van der Waals surface area contributed by atoms with Gasteiger partial charge in [0, 0.05) is 19.6 Å². The highest BCUT2D eigenvalue weighted by Crippen LogP contribution is 2.28. The highest BCUT2D eigenvalue weighted by Gasteiger charge is 2.32. The van der Waals surface area contributed by atoms with E-state index in [0.717, 1.165) is 16.7 Å². The number of amides is 1. The predicted molar refractivity (Wildman–Crippen MR) is 88.6 cm³/mol. The van der Waals surface area contributed by atoms with E-state index in [1.807, 2.05) is 42.2 Å². The Kier molecular flexibility index (Phi) is 4.45. The SMILES string of the molecule is Cc1cccc(C2C(=O)NCCN2Cc2ccsc2C(=O)O)c1. The van der Waals surface area contributed by atoms with Crippen molar-refractivity contribution in [2.75, 3.05) is 13.1 Å². The Morgan fingerprint density at radius 1 is 1.43 bits per heavy atom. The summed E-state index contributed by atoms with van der Waals surface area (Å²) in [4.78, 5) is 26.1. The second-order valence-electron chi connectivity index (χ2n) is 5.66. The third-order valence-electron chi connectivity index (χ3n) is 3.98. The summed E-state index contributed by atoms with van der Waals surface area (Å²) in [5.74, 6) is -0.947. The number of hydrogen-bond acceptors (Lipinski definition) is 4. The van der Waals surface area contributed by atoms with Gasteiger partial charge in [-0.3, -0.25) is 9.69 Å². The van der Waals surface area contributed by atoms with Crippen LogP contribution >= 0.6 is 11.3 Å². The molecule has 6 heteroatoms. The molecule has 0 bridgehead atoms. The zero-order chi connectivity index (χ0) is 16.4. The lowest BCUT2D eigenvalue weighted by atomic mass is 10.00. The first-order chi connectivity index (χ1) is 11.1. The molecular weight excluding hydrogens is 312 g/mol. The van der Waals surface area contributed by atoms with Gasteiger partial charge in [0.25, 0.3) is 0 Å². The zero-order valence-corrected chi connectivity index (χ0v) is 13.6. The van der Waals surface area contributed by atoms with Gasteiger partial charge in [0.2, 0.25) is 5.91 Å². The number of carbonyl (C=O) groups excluding carboxylic acids is 1. The van der Waals surface area contributed by atoms with Crippen molar-refractivity contribution in [2.24, 2.45) is 0 Å². The highest BCUT2D eigenvalue weighted by atomic mass is 32.1. The van der Waals surface area contributed by atoms with E-state index in [-0.39, 0.29) is 11.9 Å².